The van der Waals surface area contributed by atoms with Crippen molar-refractivity contribution in [3.63, 3.8) is 0 Å². The van der Waals surface area contributed by atoms with Crippen LogP contribution in [-0.4, -0.2) is 31.3 Å². The minimum absolute atomic E-state index is 0.111. The fraction of sp³-hybridized carbons (Fsp3) is 0.450. The Morgan fingerprint density at radius 3 is 2.18 bits per heavy atom. The molecule has 2 aromatic rings. The van der Waals surface area contributed by atoms with Crippen LogP contribution in [0.5, 0.6) is 5.75 Å². The van der Waals surface area contributed by atoms with Gasteiger partial charge in [0.2, 0.25) is 0 Å². The van der Waals surface area contributed by atoms with Crippen molar-refractivity contribution in [3.05, 3.63) is 42.0 Å². The van der Waals surface area contributed by atoms with E-state index in [1.54, 1.807) is 18.2 Å². The molecule has 0 radical (unpaired) electrons. The van der Waals surface area contributed by atoms with E-state index in [0.717, 1.165) is 17.4 Å². The molecule has 28 heavy (non-hydrogen) atoms. The van der Waals surface area contributed by atoms with Gasteiger partial charge in [-0.3, -0.25) is 0 Å². The van der Waals surface area contributed by atoms with Gasteiger partial charge in [-0.1, -0.05) is 51.1 Å². The molecular formula is C20H21F5O3. The minimum atomic E-state index is -5.79. The highest BCUT2D eigenvalue weighted by Gasteiger charge is 2.58. The number of carbonyl (C=O) groups excluding carboxylic acids is 1. The predicted octanol–water partition coefficient (Wildman–Crippen LogP) is 5.65. The van der Waals surface area contributed by atoms with Crippen molar-refractivity contribution in [2.24, 2.45) is 0 Å². The number of hydrogen-bond acceptors (Lipinski definition) is 3. The van der Waals surface area contributed by atoms with Crippen LogP contribution in [0.3, 0.4) is 0 Å². The summed E-state index contributed by atoms with van der Waals surface area (Å²) < 4.78 is 71.3. The Morgan fingerprint density at radius 2 is 1.57 bits per heavy atom. The molecule has 0 saturated carbocycles. The normalized spacial score (nSPS) is 12.9. The van der Waals surface area contributed by atoms with Crippen molar-refractivity contribution < 1.29 is 36.2 Å². The van der Waals surface area contributed by atoms with Gasteiger partial charge in [-0.05, 0) is 28.9 Å². The molecule has 0 fully saturated rings. The van der Waals surface area contributed by atoms with Gasteiger partial charge in [-0.25, -0.2) is 4.79 Å². The van der Waals surface area contributed by atoms with Crippen molar-refractivity contribution in [2.75, 3.05) is 13.2 Å². The van der Waals surface area contributed by atoms with E-state index in [2.05, 4.69) is 25.5 Å². The Hall–Kier alpha value is -2.38. The van der Waals surface area contributed by atoms with Crippen molar-refractivity contribution in [2.45, 2.75) is 44.7 Å². The number of alkyl halides is 5. The lowest BCUT2D eigenvalue weighted by Gasteiger charge is -2.25. The van der Waals surface area contributed by atoms with Gasteiger partial charge < -0.3 is 9.47 Å². The van der Waals surface area contributed by atoms with Gasteiger partial charge in [-0.15, -0.1) is 0 Å². The topological polar surface area (TPSA) is 35.5 Å². The highest BCUT2D eigenvalue weighted by atomic mass is 19.4. The van der Waals surface area contributed by atoms with E-state index < -0.39 is 31.3 Å². The lowest BCUT2D eigenvalue weighted by molar-refractivity contribution is -0.294. The Balaban J connectivity index is 2.13. The average Bonchev–Trinajstić information content (AvgIpc) is 2.63. The minimum Gasteiger partial charge on any atom is -0.481 e. The third-order valence-electron chi connectivity index (χ3n) is 4.67. The van der Waals surface area contributed by atoms with Gasteiger partial charge >= 0.3 is 18.1 Å². The fourth-order valence-corrected chi connectivity index (χ4v) is 2.62. The molecule has 0 saturated heterocycles. The van der Waals surface area contributed by atoms with E-state index in [4.69, 9.17) is 4.74 Å². The molecule has 2 rings (SSSR count). The van der Waals surface area contributed by atoms with E-state index >= 15 is 0 Å². The van der Waals surface area contributed by atoms with Gasteiger partial charge in [0.15, 0.2) is 13.2 Å². The molecular weight excluding hydrogens is 383 g/mol. The van der Waals surface area contributed by atoms with Crippen LogP contribution in [0.25, 0.3) is 10.8 Å². The summed E-state index contributed by atoms with van der Waals surface area (Å²) in [5.74, 6) is -6.11. The summed E-state index contributed by atoms with van der Waals surface area (Å²) >= 11 is 0. The molecule has 0 atom stereocenters. The second-order valence-electron chi connectivity index (χ2n) is 7.05. The van der Waals surface area contributed by atoms with Crippen molar-refractivity contribution in [1.29, 1.82) is 0 Å². The van der Waals surface area contributed by atoms with E-state index in [9.17, 15) is 26.7 Å². The van der Waals surface area contributed by atoms with Gasteiger partial charge in [0, 0.05) is 5.39 Å². The third kappa shape index (κ3) is 4.72. The Bertz CT molecular complexity index is 843. The van der Waals surface area contributed by atoms with Crippen LogP contribution in [-0.2, 0) is 14.9 Å². The second-order valence-corrected chi connectivity index (χ2v) is 7.05. The Morgan fingerprint density at radius 1 is 0.964 bits per heavy atom. The summed E-state index contributed by atoms with van der Waals surface area (Å²) in [4.78, 5) is 11.6. The Kier molecular flexibility index (Phi) is 6.21. The van der Waals surface area contributed by atoms with E-state index in [1.165, 1.54) is 0 Å². The first kappa shape index (κ1) is 21.9. The molecule has 0 aliphatic heterocycles. The number of carbonyl (C=O) groups is 1. The summed E-state index contributed by atoms with van der Waals surface area (Å²) in [7, 11) is 0. The molecule has 0 unspecified atom stereocenters. The maximum absolute atomic E-state index is 12.8. The monoisotopic (exact) mass is 404 g/mol. The number of benzene rings is 2. The summed E-state index contributed by atoms with van der Waals surface area (Å²) in [5, 5.41) is 1.61. The van der Waals surface area contributed by atoms with Crippen LogP contribution in [0.15, 0.2) is 36.4 Å². The van der Waals surface area contributed by atoms with Crippen molar-refractivity contribution in [3.8, 4) is 5.75 Å². The lowest BCUT2D eigenvalue weighted by atomic mass is 9.79. The molecule has 0 aliphatic carbocycles. The van der Waals surface area contributed by atoms with E-state index in [0.29, 0.717) is 11.1 Å². The lowest BCUT2D eigenvalue weighted by Crippen LogP contribution is -2.41. The Labute approximate surface area is 159 Å². The number of hydrogen-bond donors (Lipinski definition) is 0. The van der Waals surface area contributed by atoms with Crippen LogP contribution >= 0.6 is 0 Å². The fourth-order valence-electron chi connectivity index (χ4n) is 2.62. The maximum Gasteiger partial charge on any atom is 0.456 e. The average molecular weight is 404 g/mol. The van der Waals surface area contributed by atoms with Gasteiger partial charge in [0.25, 0.3) is 0 Å². The highest BCUT2D eigenvalue weighted by Crippen LogP contribution is 2.37. The van der Waals surface area contributed by atoms with Crippen molar-refractivity contribution in [1.82, 2.24) is 0 Å². The zero-order chi connectivity index (χ0) is 21.2. The van der Waals surface area contributed by atoms with Crippen LogP contribution < -0.4 is 4.74 Å². The predicted molar refractivity (Wildman–Crippen MR) is 94.7 cm³/mol. The molecule has 0 spiro atoms. The molecule has 2 aromatic carbocycles. The largest absolute Gasteiger partial charge is 0.481 e. The van der Waals surface area contributed by atoms with Crippen LogP contribution in [0.2, 0.25) is 0 Å². The summed E-state index contributed by atoms with van der Waals surface area (Å²) in [5.41, 5.74) is 0.964. The number of fused-ring (bicyclic) bond motifs is 1. The first-order valence-corrected chi connectivity index (χ1v) is 8.64. The zero-order valence-electron chi connectivity index (χ0n) is 15.7. The first-order chi connectivity index (χ1) is 12.9. The first-order valence-electron chi connectivity index (χ1n) is 8.64. The molecule has 3 nitrogen and oxygen atoms in total. The SMILES string of the molecule is CCC(C)(C)c1cccc2c(OCC(=O)OCC(F)(F)C(F)(F)F)cccc12. The van der Waals surface area contributed by atoms with Crippen molar-refractivity contribution >= 4 is 16.7 Å². The van der Waals surface area contributed by atoms with Gasteiger partial charge in [0.05, 0.1) is 0 Å². The highest BCUT2D eigenvalue weighted by molar-refractivity contribution is 5.92. The summed E-state index contributed by atoms with van der Waals surface area (Å²) in [6.07, 6.45) is -4.90. The summed E-state index contributed by atoms with van der Waals surface area (Å²) in [6.45, 7) is 3.38. The van der Waals surface area contributed by atoms with E-state index in [1.807, 2.05) is 18.2 Å². The zero-order valence-corrected chi connectivity index (χ0v) is 15.7. The molecule has 0 heterocycles. The molecule has 0 aromatic heterocycles. The van der Waals surface area contributed by atoms with Gasteiger partial charge in [-0.2, -0.15) is 22.0 Å². The summed E-state index contributed by atoms with van der Waals surface area (Å²) in [6, 6.07) is 10.8. The third-order valence-corrected chi connectivity index (χ3v) is 4.67. The maximum atomic E-state index is 12.8. The van der Waals surface area contributed by atoms with Crippen LogP contribution in [0, 0.1) is 0 Å². The molecule has 154 valence electrons. The molecule has 0 N–H and O–H groups in total. The molecule has 0 aliphatic rings. The molecule has 8 heteroatoms. The number of rotatable bonds is 7. The number of ether oxygens (including phenoxy) is 2. The van der Waals surface area contributed by atoms with Gasteiger partial charge in [0.1, 0.15) is 5.75 Å². The molecule has 0 bridgehead atoms. The standard InChI is InChI=1S/C20H21F5O3/c1-4-18(2,3)15-9-5-8-14-13(15)7-6-10-16(14)27-11-17(26)28-12-19(21,22)20(23,24)25/h5-10H,4,11-12H2,1-3H3. The second kappa shape index (κ2) is 7.93. The quantitative estimate of drug-likeness (QED) is 0.442. The molecule has 0 amide bonds. The van der Waals surface area contributed by atoms with E-state index in [-0.39, 0.29) is 5.41 Å². The van der Waals surface area contributed by atoms with Crippen LogP contribution in [0.1, 0.15) is 32.8 Å². The smallest absolute Gasteiger partial charge is 0.456 e. The number of halogens is 5. The number of esters is 1. The van der Waals surface area contributed by atoms with Crippen LogP contribution in [0.4, 0.5) is 22.0 Å².